The molecule has 0 aromatic carbocycles. The highest BCUT2D eigenvalue weighted by molar-refractivity contribution is 5.83. The lowest BCUT2D eigenvalue weighted by atomic mass is 9.87. The largest absolute Gasteiger partial charge is 0.469 e. The first kappa shape index (κ1) is 15.0. The van der Waals surface area contributed by atoms with Gasteiger partial charge >= 0.3 is 11.9 Å². The van der Waals surface area contributed by atoms with Crippen LogP contribution in [0.3, 0.4) is 0 Å². The first-order valence-corrected chi connectivity index (χ1v) is 7.09. The Kier molecular flexibility index (Phi) is 4.48. The van der Waals surface area contributed by atoms with Crippen LogP contribution in [0.4, 0.5) is 0 Å². The number of carbonyl (C=O) groups excluding carboxylic acids is 2. The number of ether oxygens (including phenoxy) is 2. The molecule has 2 heterocycles. The number of allylic oxidation sites excluding steroid dienone is 1. The van der Waals surface area contributed by atoms with Crippen LogP contribution in [0, 0.1) is 5.92 Å². The minimum Gasteiger partial charge on any atom is -0.469 e. The van der Waals surface area contributed by atoms with Crippen LogP contribution < -0.4 is 0 Å². The molecule has 0 aliphatic carbocycles. The summed E-state index contributed by atoms with van der Waals surface area (Å²) in [6.45, 7) is 3.69. The van der Waals surface area contributed by atoms with Crippen molar-refractivity contribution in [3.63, 3.8) is 0 Å². The second-order valence-corrected chi connectivity index (χ2v) is 5.95. The van der Waals surface area contributed by atoms with E-state index >= 15 is 0 Å². The maximum absolute atomic E-state index is 12.1. The van der Waals surface area contributed by atoms with E-state index in [0.717, 1.165) is 18.4 Å². The van der Waals surface area contributed by atoms with E-state index in [9.17, 15) is 9.59 Å². The Morgan fingerprint density at radius 1 is 1.25 bits per heavy atom. The molecule has 0 aromatic heterocycles. The minimum absolute atomic E-state index is 0.116. The van der Waals surface area contributed by atoms with Crippen molar-refractivity contribution in [1.82, 2.24) is 4.90 Å². The fraction of sp³-hybridized carbons (Fsp3) is 0.733. The van der Waals surface area contributed by atoms with Gasteiger partial charge in [-0.2, -0.15) is 0 Å². The third-order valence-corrected chi connectivity index (χ3v) is 4.36. The summed E-state index contributed by atoms with van der Waals surface area (Å²) in [6.07, 6.45) is 3.80. The molecule has 2 fully saturated rings. The Hall–Kier alpha value is -1.36. The Balaban J connectivity index is 2.15. The van der Waals surface area contributed by atoms with E-state index < -0.39 is 0 Å². The van der Waals surface area contributed by atoms with Crippen LogP contribution in [0.1, 0.15) is 33.1 Å². The summed E-state index contributed by atoms with van der Waals surface area (Å²) in [6, 6.07) is 0.510. The fourth-order valence-electron chi connectivity index (χ4n) is 3.41. The molecule has 4 atom stereocenters. The van der Waals surface area contributed by atoms with E-state index in [0.29, 0.717) is 12.5 Å². The highest BCUT2D eigenvalue weighted by Crippen LogP contribution is 2.40. The Morgan fingerprint density at radius 2 is 1.95 bits per heavy atom. The van der Waals surface area contributed by atoms with E-state index in [-0.39, 0.29) is 30.0 Å². The van der Waals surface area contributed by atoms with E-state index in [1.807, 2.05) is 20.9 Å². The van der Waals surface area contributed by atoms with Gasteiger partial charge in [-0.1, -0.05) is 5.57 Å². The quantitative estimate of drug-likeness (QED) is 0.580. The molecule has 5 nitrogen and oxygen atoms in total. The molecule has 0 saturated carbocycles. The lowest BCUT2D eigenvalue weighted by Crippen LogP contribution is -2.53. The van der Waals surface area contributed by atoms with E-state index in [2.05, 4.69) is 4.90 Å². The number of fused-ring (bicyclic) bond motifs is 2. The van der Waals surface area contributed by atoms with E-state index in [1.165, 1.54) is 13.2 Å². The van der Waals surface area contributed by atoms with Gasteiger partial charge in [0.05, 0.1) is 7.11 Å². The molecule has 2 aliphatic rings. The van der Waals surface area contributed by atoms with Gasteiger partial charge in [-0.05, 0) is 33.7 Å². The fourth-order valence-corrected chi connectivity index (χ4v) is 3.41. The number of carbonyl (C=O) groups is 2. The second kappa shape index (κ2) is 5.95. The van der Waals surface area contributed by atoms with E-state index in [4.69, 9.17) is 9.47 Å². The van der Waals surface area contributed by atoms with Crippen molar-refractivity contribution in [2.24, 2.45) is 5.92 Å². The number of piperidine rings is 1. The highest BCUT2D eigenvalue weighted by atomic mass is 16.6. The third kappa shape index (κ3) is 2.87. The summed E-state index contributed by atoms with van der Waals surface area (Å²) in [5.41, 5.74) is 0.889. The van der Waals surface area contributed by atoms with Crippen LogP contribution in [0.15, 0.2) is 11.6 Å². The van der Waals surface area contributed by atoms with Crippen molar-refractivity contribution in [2.75, 3.05) is 14.2 Å². The predicted molar refractivity (Wildman–Crippen MR) is 74.0 cm³/mol. The molecule has 0 amide bonds. The molecular formula is C15H23NO4. The van der Waals surface area contributed by atoms with Gasteiger partial charge in [0.25, 0.3) is 0 Å². The molecule has 0 radical (unpaired) electrons. The predicted octanol–water partition coefficient (Wildman–Crippen LogP) is 1.52. The molecule has 2 bridgehead atoms. The molecule has 112 valence electrons. The van der Waals surface area contributed by atoms with Gasteiger partial charge in [-0.15, -0.1) is 0 Å². The van der Waals surface area contributed by atoms with Crippen molar-refractivity contribution in [3.05, 3.63) is 11.6 Å². The second-order valence-electron chi connectivity index (χ2n) is 5.95. The molecule has 5 heteroatoms. The Labute approximate surface area is 119 Å². The number of hydrogen-bond donors (Lipinski definition) is 0. The number of nitrogens with zero attached hydrogens (tertiary/aromatic N) is 1. The average Bonchev–Trinajstić information content (AvgIpc) is 2.61. The van der Waals surface area contributed by atoms with Crippen LogP contribution in [0.2, 0.25) is 0 Å². The lowest BCUT2D eigenvalue weighted by molar-refractivity contribution is -0.165. The Morgan fingerprint density at radius 3 is 2.55 bits per heavy atom. The molecule has 2 saturated heterocycles. The van der Waals surface area contributed by atoms with Crippen molar-refractivity contribution in [3.8, 4) is 0 Å². The van der Waals surface area contributed by atoms with Gasteiger partial charge in [-0.25, -0.2) is 4.79 Å². The summed E-state index contributed by atoms with van der Waals surface area (Å²) in [5, 5.41) is 0. The summed E-state index contributed by atoms with van der Waals surface area (Å²) in [7, 11) is 3.42. The van der Waals surface area contributed by atoms with Crippen LogP contribution in [-0.2, 0) is 19.1 Å². The molecule has 0 spiro atoms. The molecular weight excluding hydrogens is 258 g/mol. The first-order chi connectivity index (χ1) is 9.43. The molecule has 0 aromatic rings. The number of hydrogen-bond acceptors (Lipinski definition) is 5. The Bertz CT molecular complexity index is 428. The van der Waals surface area contributed by atoms with Crippen molar-refractivity contribution in [1.29, 1.82) is 0 Å². The zero-order valence-electron chi connectivity index (χ0n) is 12.6. The van der Waals surface area contributed by atoms with Gasteiger partial charge in [-0.3, -0.25) is 9.69 Å². The maximum atomic E-state index is 12.1. The summed E-state index contributed by atoms with van der Waals surface area (Å²) >= 11 is 0. The molecule has 0 N–H and O–H groups in total. The van der Waals surface area contributed by atoms with Gasteiger partial charge in [0, 0.05) is 24.6 Å². The summed E-state index contributed by atoms with van der Waals surface area (Å²) in [5.74, 6) is -1.02. The minimum atomic E-state index is -0.377. The van der Waals surface area contributed by atoms with Gasteiger partial charge < -0.3 is 9.47 Å². The highest BCUT2D eigenvalue weighted by Gasteiger charge is 2.50. The number of esters is 2. The van der Waals surface area contributed by atoms with Crippen LogP contribution >= 0.6 is 0 Å². The molecule has 20 heavy (non-hydrogen) atoms. The average molecular weight is 281 g/mol. The normalized spacial score (nSPS) is 32.6. The van der Waals surface area contributed by atoms with Gasteiger partial charge in [0.1, 0.15) is 12.0 Å². The first-order valence-electron chi connectivity index (χ1n) is 7.09. The molecule has 2 rings (SSSR count). The van der Waals surface area contributed by atoms with Crippen molar-refractivity contribution >= 4 is 11.9 Å². The number of rotatable bonds is 3. The number of methoxy groups -OCH3 is 1. The zero-order valence-corrected chi connectivity index (χ0v) is 12.6. The van der Waals surface area contributed by atoms with Gasteiger partial charge in [0.15, 0.2) is 0 Å². The lowest BCUT2D eigenvalue weighted by Gasteiger charge is -2.40. The van der Waals surface area contributed by atoms with E-state index in [1.54, 1.807) is 0 Å². The standard InChI is InChI=1S/C15H23NO4/c1-9(2)7-13(17)20-12-8-10-5-6-11(16(10)3)14(12)15(18)19-4/h7,10-12,14H,5-6,8H2,1-4H3/t10-,11+,12-,14+/m0/s1. The maximum Gasteiger partial charge on any atom is 0.330 e. The summed E-state index contributed by atoms with van der Waals surface area (Å²) < 4.78 is 10.4. The third-order valence-electron chi connectivity index (χ3n) is 4.36. The topological polar surface area (TPSA) is 55.8 Å². The van der Waals surface area contributed by atoms with Crippen molar-refractivity contribution < 1.29 is 19.1 Å². The SMILES string of the molecule is COC(=O)[C@H]1[C@@H](OC(=O)C=C(C)C)C[C@@H]2CC[C@H]1N2C. The van der Waals surface area contributed by atoms with Crippen LogP contribution in [0.25, 0.3) is 0 Å². The van der Waals surface area contributed by atoms with Gasteiger partial charge in [0.2, 0.25) is 0 Å². The van der Waals surface area contributed by atoms with Crippen LogP contribution in [-0.4, -0.2) is 49.2 Å². The molecule has 0 unspecified atom stereocenters. The molecule has 2 aliphatic heterocycles. The smallest absolute Gasteiger partial charge is 0.330 e. The zero-order chi connectivity index (χ0) is 14.9. The summed E-state index contributed by atoms with van der Waals surface area (Å²) in [4.78, 5) is 26.1. The monoisotopic (exact) mass is 281 g/mol. The van der Waals surface area contributed by atoms with Crippen molar-refractivity contribution in [2.45, 2.75) is 51.3 Å². The van der Waals surface area contributed by atoms with Crippen LogP contribution in [0.5, 0.6) is 0 Å².